The Hall–Kier alpha value is 0.270. The van der Waals surface area contributed by atoms with E-state index in [0.29, 0.717) is 0 Å². The van der Waals surface area contributed by atoms with Gasteiger partial charge in [0.25, 0.3) is 0 Å². The molecule has 0 amide bonds. The summed E-state index contributed by atoms with van der Waals surface area (Å²) in [6.07, 6.45) is 3.96. The highest BCUT2D eigenvalue weighted by atomic mass is 32.2. The van der Waals surface area contributed by atoms with Crippen LogP contribution in [-0.4, -0.2) is 48.6 Å². The van der Waals surface area contributed by atoms with Gasteiger partial charge < -0.3 is 10.2 Å². The minimum absolute atomic E-state index is 0.751. The maximum atomic E-state index is 3.69. The molecule has 0 saturated carbocycles. The van der Waals surface area contributed by atoms with Crippen molar-refractivity contribution in [1.29, 1.82) is 0 Å². The van der Waals surface area contributed by atoms with Gasteiger partial charge in [0.1, 0.15) is 0 Å². The second-order valence-corrected chi connectivity index (χ2v) is 5.95. The number of rotatable bonds is 6. The summed E-state index contributed by atoms with van der Waals surface area (Å²) in [6, 6.07) is 1.52. The summed E-state index contributed by atoms with van der Waals surface area (Å²) in [5.74, 6) is 2.57. The van der Waals surface area contributed by atoms with Gasteiger partial charge >= 0.3 is 0 Å². The molecule has 1 fully saturated rings. The van der Waals surface area contributed by atoms with Crippen LogP contribution in [0.25, 0.3) is 0 Å². The van der Waals surface area contributed by atoms with E-state index in [4.69, 9.17) is 0 Å². The van der Waals surface area contributed by atoms with Crippen LogP contribution in [-0.2, 0) is 0 Å². The van der Waals surface area contributed by atoms with E-state index in [1.54, 1.807) is 0 Å². The molecule has 0 aromatic rings. The summed E-state index contributed by atoms with van der Waals surface area (Å²) in [4.78, 5) is 2.46. The molecule has 0 bridgehead atoms. The van der Waals surface area contributed by atoms with Crippen molar-refractivity contribution in [1.82, 2.24) is 10.2 Å². The second-order valence-electron chi connectivity index (χ2n) is 4.56. The van der Waals surface area contributed by atoms with Gasteiger partial charge in [-0.25, -0.2) is 0 Å². The van der Waals surface area contributed by atoms with Crippen LogP contribution in [0, 0.1) is 0 Å². The van der Waals surface area contributed by atoms with Crippen molar-refractivity contribution in [3.63, 3.8) is 0 Å². The molecule has 1 heterocycles. The Bertz CT molecular complexity index is 164. The topological polar surface area (TPSA) is 15.3 Å². The average Bonchev–Trinajstić information content (AvgIpc) is 2.23. The van der Waals surface area contributed by atoms with Gasteiger partial charge in [0, 0.05) is 12.1 Å². The Balaban J connectivity index is 2.02. The van der Waals surface area contributed by atoms with E-state index >= 15 is 0 Å². The summed E-state index contributed by atoms with van der Waals surface area (Å²) in [7, 11) is 2.23. The quantitative estimate of drug-likeness (QED) is 0.704. The molecule has 2 unspecified atom stereocenters. The fraction of sp³-hybridized carbons (Fsp3) is 1.00. The molecular weight excluding hydrogens is 204 g/mol. The minimum atomic E-state index is 0.751. The predicted octanol–water partition coefficient (Wildman–Crippen LogP) is 2.20. The number of likely N-dealkylation sites (tertiary alicyclic amines) is 1. The summed E-state index contributed by atoms with van der Waals surface area (Å²) >= 11 is 2.05. The lowest BCUT2D eigenvalue weighted by Gasteiger charge is -2.35. The van der Waals surface area contributed by atoms with E-state index in [-0.39, 0.29) is 0 Å². The molecule has 0 aromatic carbocycles. The minimum Gasteiger partial charge on any atom is -0.314 e. The third-order valence-electron chi connectivity index (χ3n) is 3.31. The lowest BCUT2D eigenvalue weighted by atomic mass is 9.99. The normalized spacial score (nSPS) is 28.2. The van der Waals surface area contributed by atoms with E-state index in [1.165, 1.54) is 43.9 Å². The Morgan fingerprint density at radius 1 is 1.47 bits per heavy atom. The van der Waals surface area contributed by atoms with Crippen molar-refractivity contribution >= 4 is 11.8 Å². The zero-order valence-electron chi connectivity index (χ0n) is 10.5. The van der Waals surface area contributed by atoms with E-state index in [9.17, 15) is 0 Å². The summed E-state index contributed by atoms with van der Waals surface area (Å²) in [5, 5.41) is 3.69. The summed E-state index contributed by atoms with van der Waals surface area (Å²) < 4.78 is 0. The van der Waals surface area contributed by atoms with Gasteiger partial charge in [-0.1, -0.05) is 6.92 Å². The van der Waals surface area contributed by atoms with Crippen LogP contribution in [0.15, 0.2) is 0 Å². The number of hydrogen-bond donors (Lipinski definition) is 1. The maximum absolute atomic E-state index is 3.69. The van der Waals surface area contributed by atoms with Gasteiger partial charge in [-0.15, -0.1) is 0 Å². The predicted molar refractivity (Wildman–Crippen MR) is 70.7 cm³/mol. The van der Waals surface area contributed by atoms with Gasteiger partial charge in [0.15, 0.2) is 0 Å². The number of hydrogen-bond acceptors (Lipinski definition) is 3. The number of nitrogens with zero attached hydrogens (tertiary/aromatic N) is 1. The Morgan fingerprint density at radius 3 is 2.93 bits per heavy atom. The molecule has 3 heteroatoms. The van der Waals surface area contributed by atoms with Gasteiger partial charge in [0.2, 0.25) is 0 Å². The molecule has 1 N–H and O–H groups in total. The van der Waals surface area contributed by atoms with Crippen molar-refractivity contribution in [2.24, 2.45) is 0 Å². The zero-order valence-corrected chi connectivity index (χ0v) is 11.3. The number of thioether (sulfide) groups is 1. The van der Waals surface area contributed by atoms with Crippen molar-refractivity contribution in [2.75, 3.05) is 31.6 Å². The van der Waals surface area contributed by atoms with Crippen LogP contribution < -0.4 is 5.32 Å². The van der Waals surface area contributed by atoms with Crippen LogP contribution in [0.2, 0.25) is 0 Å². The molecule has 1 aliphatic rings. The first kappa shape index (κ1) is 13.3. The lowest BCUT2D eigenvalue weighted by Crippen LogP contribution is -2.45. The highest BCUT2D eigenvalue weighted by Crippen LogP contribution is 2.15. The molecule has 2 atom stereocenters. The molecule has 0 aromatic heterocycles. The third kappa shape index (κ3) is 5.23. The molecule has 1 aliphatic heterocycles. The van der Waals surface area contributed by atoms with Crippen molar-refractivity contribution in [3.8, 4) is 0 Å². The molecule has 0 aliphatic carbocycles. The lowest BCUT2D eigenvalue weighted by molar-refractivity contribution is 0.169. The molecule has 1 rings (SSSR count). The van der Waals surface area contributed by atoms with E-state index in [0.717, 1.165) is 12.1 Å². The highest BCUT2D eigenvalue weighted by Gasteiger charge is 2.21. The standard InChI is InChI=1S/C12H26N2S/c1-4-15-9-5-7-13-12-6-8-14(3)11(2)10-12/h11-13H,4-10H2,1-3H3. The summed E-state index contributed by atoms with van der Waals surface area (Å²) in [6.45, 7) is 7.02. The molecule has 1 saturated heterocycles. The first-order valence-electron chi connectivity index (χ1n) is 6.25. The van der Waals surface area contributed by atoms with Crippen LogP contribution in [0.4, 0.5) is 0 Å². The van der Waals surface area contributed by atoms with Gasteiger partial charge in [-0.2, -0.15) is 11.8 Å². The van der Waals surface area contributed by atoms with Gasteiger partial charge in [0.05, 0.1) is 0 Å². The average molecular weight is 230 g/mol. The molecular formula is C12H26N2S. The number of nitrogens with one attached hydrogen (secondary N) is 1. The van der Waals surface area contributed by atoms with Crippen molar-refractivity contribution in [2.45, 2.75) is 45.2 Å². The Labute approximate surface area is 99.2 Å². The first-order chi connectivity index (χ1) is 7.24. The zero-order chi connectivity index (χ0) is 11.1. The first-order valence-corrected chi connectivity index (χ1v) is 7.41. The monoisotopic (exact) mass is 230 g/mol. The van der Waals surface area contributed by atoms with Crippen molar-refractivity contribution < 1.29 is 0 Å². The van der Waals surface area contributed by atoms with E-state index in [2.05, 4.69) is 31.1 Å². The maximum Gasteiger partial charge on any atom is 0.00940 e. The van der Waals surface area contributed by atoms with Gasteiger partial charge in [-0.05, 0) is 57.8 Å². The van der Waals surface area contributed by atoms with E-state index < -0.39 is 0 Å². The van der Waals surface area contributed by atoms with Crippen molar-refractivity contribution in [3.05, 3.63) is 0 Å². The Morgan fingerprint density at radius 2 is 2.27 bits per heavy atom. The molecule has 2 nitrogen and oxygen atoms in total. The molecule has 0 spiro atoms. The third-order valence-corrected chi connectivity index (χ3v) is 4.30. The highest BCUT2D eigenvalue weighted by molar-refractivity contribution is 7.99. The molecule has 0 radical (unpaired) electrons. The SMILES string of the molecule is CCSCCCNC1CCN(C)C(C)C1. The largest absolute Gasteiger partial charge is 0.314 e. The van der Waals surface area contributed by atoms with Crippen LogP contribution in [0.5, 0.6) is 0 Å². The fourth-order valence-corrected chi connectivity index (χ4v) is 2.74. The fourth-order valence-electron chi connectivity index (χ4n) is 2.10. The molecule has 15 heavy (non-hydrogen) atoms. The Kier molecular flexibility index (Phi) is 6.69. The van der Waals surface area contributed by atoms with Gasteiger partial charge in [-0.3, -0.25) is 0 Å². The van der Waals surface area contributed by atoms with E-state index in [1.807, 2.05) is 11.8 Å². The summed E-state index contributed by atoms with van der Waals surface area (Å²) in [5.41, 5.74) is 0. The second kappa shape index (κ2) is 7.53. The van der Waals surface area contributed by atoms with Crippen LogP contribution in [0.1, 0.15) is 33.1 Å². The van der Waals surface area contributed by atoms with Crippen LogP contribution in [0.3, 0.4) is 0 Å². The number of piperidine rings is 1. The smallest absolute Gasteiger partial charge is 0.00940 e. The van der Waals surface area contributed by atoms with Crippen LogP contribution >= 0.6 is 11.8 Å². The molecule has 90 valence electrons.